The molecule has 0 atom stereocenters. The second kappa shape index (κ2) is 11.7. The van der Waals surface area contributed by atoms with Gasteiger partial charge in [0.25, 0.3) is 5.91 Å². The molecule has 3 aromatic heterocycles. The average molecular weight is 534 g/mol. The van der Waals surface area contributed by atoms with Crippen LogP contribution in [0.4, 0.5) is 0 Å². The number of furan rings is 1. The smallest absolute Gasteiger partial charge is 0.337 e. The Bertz CT molecular complexity index is 1440. The van der Waals surface area contributed by atoms with E-state index >= 15 is 0 Å². The lowest BCUT2D eigenvalue weighted by atomic mass is 10.1. The number of ketones is 1. The van der Waals surface area contributed by atoms with Gasteiger partial charge in [0, 0.05) is 12.2 Å². The van der Waals surface area contributed by atoms with Crippen molar-refractivity contribution >= 4 is 34.9 Å². The van der Waals surface area contributed by atoms with Gasteiger partial charge in [-0.15, -0.1) is 0 Å². The molecule has 0 spiro atoms. The van der Waals surface area contributed by atoms with Gasteiger partial charge in [-0.25, -0.2) is 4.79 Å². The maximum atomic E-state index is 13.6. The maximum absolute atomic E-state index is 13.6. The highest BCUT2D eigenvalue weighted by Crippen LogP contribution is 2.20. The molecule has 0 saturated carbocycles. The van der Waals surface area contributed by atoms with Gasteiger partial charge in [0.1, 0.15) is 5.76 Å². The molecule has 2 N–H and O–H groups in total. The second-order valence-corrected chi connectivity index (χ2v) is 9.51. The summed E-state index contributed by atoms with van der Waals surface area (Å²) in [6.07, 6.45) is 1.66. The molecule has 10 heteroatoms. The SMILES string of the molecule is COC(=O)c1ccc(CN(CC(=O)c2cc(C(N)=O)c(C)n2Cc2ccco2)C(=O)Cc2ccsc2)cc1. The topological polar surface area (TPSA) is 125 Å². The molecule has 0 aliphatic heterocycles. The number of carbonyl (C=O) groups excluding carboxylic acids is 4. The van der Waals surface area contributed by atoms with E-state index in [1.54, 1.807) is 47.9 Å². The average Bonchev–Trinajstić information content (AvgIpc) is 3.67. The lowest BCUT2D eigenvalue weighted by Crippen LogP contribution is -2.37. The molecule has 3 heterocycles. The van der Waals surface area contributed by atoms with Crippen LogP contribution in [-0.4, -0.2) is 46.7 Å². The molecule has 0 aliphatic rings. The first-order valence-corrected chi connectivity index (χ1v) is 12.7. The zero-order valence-electron chi connectivity index (χ0n) is 21.0. The Kier molecular flexibility index (Phi) is 8.22. The van der Waals surface area contributed by atoms with E-state index in [1.165, 1.54) is 35.7 Å². The van der Waals surface area contributed by atoms with Crippen molar-refractivity contribution in [1.29, 1.82) is 0 Å². The molecule has 1 aromatic carbocycles. The number of aromatic nitrogens is 1. The third-order valence-electron chi connectivity index (χ3n) is 6.18. The number of Topliss-reactive ketones (excluding diaryl/α,β-unsaturated/α-hetero) is 1. The van der Waals surface area contributed by atoms with E-state index in [2.05, 4.69) is 0 Å². The number of methoxy groups -OCH3 is 1. The quantitative estimate of drug-likeness (QED) is 0.231. The van der Waals surface area contributed by atoms with Crippen LogP contribution in [-0.2, 0) is 29.0 Å². The zero-order valence-corrected chi connectivity index (χ0v) is 21.8. The van der Waals surface area contributed by atoms with E-state index in [0.29, 0.717) is 17.0 Å². The van der Waals surface area contributed by atoms with E-state index in [9.17, 15) is 19.2 Å². The van der Waals surface area contributed by atoms with E-state index < -0.39 is 11.9 Å². The molecule has 0 radical (unpaired) electrons. The summed E-state index contributed by atoms with van der Waals surface area (Å²) in [4.78, 5) is 52.2. The highest BCUT2D eigenvalue weighted by molar-refractivity contribution is 7.08. The van der Waals surface area contributed by atoms with Gasteiger partial charge in [-0.05, 0) is 65.2 Å². The minimum atomic E-state index is -0.647. The van der Waals surface area contributed by atoms with E-state index in [1.807, 2.05) is 16.8 Å². The maximum Gasteiger partial charge on any atom is 0.337 e. The monoisotopic (exact) mass is 533 g/mol. The molecule has 9 nitrogen and oxygen atoms in total. The van der Waals surface area contributed by atoms with Crippen molar-refractivity contribution < 1.29 is 28.3 Å². The van der Waals surface area contributed by atoms with Crippen LogP contribution in [0, 0.1) is 6.92 Å². The minimum absolute atomic E-state index is 0.135. The third kappa shape index (κ3) is 6.09. The number of carbonyl (C=O) groups is 4. The van der Waals surface area contributed by atoms with Crippen LogP contribution in [0.15, 0.2) is 70.0 Å². The molecule has 4 rings (SSSR count). The summed E-state index contributed by atoms with van der Waals surface area (Å²) >= 11 is 1.49. The van der Waals surface area contributed by atoms with Gasteiger partial charge in [0.15, 0.2) is 5.78 Å². The largest absolute Gasteiger partial charge is 0.467 e. The van der Waals surface area contributed by atoms with Crippen molar-refractivity contribution in [1.82, 2.24) is 9.47 Å². The van der Waals surface area contributed by atoms with Gasteiger partial charge in [-0.2, -0.15) is 11.3 Å². The standard InChI is InChI=1S/C28H27N3O6S/c1-18-23(27(29)34)13-24(31(18)15-22-4-3-10-37-22)25(32)16-30(26(33)12-20-9-11-38-17-20)14-19-5-7-21(8-6-19)28(35)36-2/h3-11,13,17H,12,14-16H2,1-2H3,(H2,29,34). The number of hydrogen-bond donors (Lipinski definition) is 1. The summed E-state index contributed by atoms with van der Waals surface area (Å²) in [5.74, 6) is -1.09. The Balaban J connectivity index is 1.62. The molecular formula is C28H27N3O6S. The summed E-state index contributed by atoms with van der Waals surface area (Å²) in [5.41, 5.74) is 8.55. The summed E-state index contributed by atoms with van der Waals surface area (Å²) in [7, 11) is 1.31. The Hall–Kier alpha value is -4.44. The van der Waals surface area contributed by atoms with Gasteiger partial charge in [-0.3, -0.25) is 14.4 Å². The molecule has 0 aliphatic carbocycles. The molecule has 0 saturated heterocycles. The van der Waals surface area contributed by atoms with Gasteiger partial charge in [0.2, 0.25) is 5.91 Å². The zero-order chi connectivity index (χ0) is 27.2. The highest BCUT2D eigenvalue weighted by atomic mass is 32.1. The van der Waals surface area contributed by atoms with Crippen molar-refractivity contribution in [2.75, 3.05) is 13.7 Å². The fourth-order valence-electron chi connectivity index (χ4n) is 4.14. The van der Waals surface area contributed by atoms with Gasteiger partial charge in [0.05, 0.1) is 49.7 Å². The summed E-state index contributed by atoms with van der Waals surface area (Å²) in [6, 6.07) is 13.5. The number of thiophene rings is 1. The number of esters is 1. The normalized spacial score (nSPS) is 10.8. The van der Waals surface area contributed by atoms with Crippen molar-refractivity contribution in [2.24, 2.45) is 5.73 Å². The number of primary amides is 1. The van der Waals surface area contributed by atoms with Crippen LogP contribution >= 0.6 is 11.3 Å². The lowest BCUT2D eigenvalue weighted by molar-refractivity contribution is -0.130. The number of hydrogen-bond acceptors (Lipinski definition) is 7. The molecule has 196 valence electrons. The predicted molar refractivity (Wildman–Crippen MR) is 141 cm³/mol. The van der Waals surface area contributed by atoms with E-state index in [-0.39, 0.29) is 49.0 Å². The molecule has 2 amide bonds. The van der Waals surface area contributed by atoms with Crippen molar-refractivity contribution in [3.63, 3.8) is 0 Å². The second-order valence-electron chi connectivity index (χ2n) is 8.73. The number of ether oxygens (including phenoxy) is 1. The Morgan fingerprint density at radius 1 is 1.08 bits per heavy atom. The number of nitrogens with two attached hydrogens (primary N) is 1. The van der Waals surface area contributed by atoms with Crippen molar-refractivity contribution in [3.8, 4) is 0 Å². The van der Waals surface area contributed by atoms with Crippen molar-refractivity contribution in [2.45, 2.75) is 26.4 Å². The predicted octanol–water partition coefficient (Wildman–Crippen LogP) is 3.84. The van der Waals surface area contributed by atoms with Gasteiger partial charge in [-0.1, -0.05) is 12.1 Å². The van der Waals surface area contributed by atoms with Crippen LogP contribution in [0.2, 0.25) is 0 Å². The first kappa shape index (κ1) is 26.6. The van der Waals surface area contributed by atoms with Crippen LogP contribution in [0.1, 0.15) is 53.8 Å². The fourth-order valence-corrected chi connectivity index (χ4v) is 4.81. The molecule has 38 heavy (non-hydrogen) atoms. The number of nitrogens with zero attached hydrogens (tertiary/aromatic N) is 2. The molecule has 0 bridgehead atoms. The van der Waals surface area contributed by atoms with E-state index in [0.717, 1.165) is 11.1 Å². The van der Waals surface area contributed by atoms with Crippen LogP contribution < -0.4 is 5.73 Å². The van der Waals surface area contributed by atoms with Crippen LogP contribution in [0.5, 0.6) is 0 Å². The van der Waals surface area contributed by atoms with E-state index in [4.69, 9.17) is 14.9 Å². The minimum Gasteiger partial charge on any atom is -0.467 e. The number of benzene rings is 1. The van der Waals surface area contributed by atoms with Crippen LogP contribution in [0.25, 0.3) is 0 Å². The Morgan fingerprint density at radius 3 is 2.45 bits per heavy atom. The molecule has 4 aromatic rings. The molecular weight excluding hydrogens is 506 g/mol. The van der Waals surface area contributed by atoms with Crippen molar-refractivity contribution in [3.05, 3.63) is 105 Å². The fraction of sp³-hybridized carbons (Fsp3) is 0.214. The molecule has 0 fully saturated rings. The number of amides is 2. The first-order valence-electron chi connectivity index (χ1n) is 11.8. The summed E-state index contributed by atoms with van der Waals surface area (Å²) < 4.78 is 11.9. The highest BCUT2D eigenvalue weighted by Gasteiger charge is 2.25. The Labute approximate surface area is 223 Å². The third-order valence-corrected chi connectivity index (χ3v) is 6.91. The number of rotatable bonds is 11. The van der Waals surface area contributed by atoms with Crippen LogP contribution in [0.3, 0.4) is 0 Å². The van der Waals surface area contributed by atoms with Gasteiger partial charge >= 0.3 is 5.97 Å². The molecule has 0 unspecified atom stereocenters. The first-order chi connectivity index (χ1) is 18.3. The Morgan fingerprint density at radius 2 is 1.84 bits per heavy atom. The van der Waals surface area contributed by atoms with Gasteiger partial charge < -0.3 is 24.4 Å². The summed E-state index contributed by atoms with van der Waals surface area (Å²) in [5, 5.41) is 3.78. The lowest BCUT2D eigenvalue weighted by Gasteiger charge is -2.23. The summed E-state index contributed by atoms with van der Waals surface area (Å²) in [6.45, 7) is 1.87.